The summed E-state index contributed by atoms with van der Waals surface area (Å²) in [6, 6.07) is -1.26. The number of aliphatic carboxylic acids is 1. The van der Waals surface area contributed by atoms with Crippen LogP contribution in [0, 0.1) is 0 Å². The fourth-order valence-corrected chi connectivity index (χ4v) is 2.05. The number of carbonyl (C=O) groups is 2. The molecule has 106 valence electrons. The Morgan fingerprint density at radius 1 is 1.45 bits per heavy atom. The van der Waals surface area contributed by atoms with Crippen LogP contribution in [0.2, 0.25) is 0 Å². The molecule has 0 saturated heterocycles. The molecule has 0 radical (unpaired) electrons. The van der Waals surface area contributed by atoms with Crippen LogP contribution in [0.15, 0.2) is 17.7 Å². The van der Waals surface area contributed by atoms with E-state index in [1.54, 1.807) is 0 Å². The summed E-state index contributed by atoms with van der Waals surface area (Å²) in [7, 11) is 0. The predicted octanol–water partition coefficient (Wildman–Crippen LogP) is -0.252. The van der Waals surface area contributed by atoms with Gasteiger partial charge in [0.2, 0.25) is 0 Å². The number of hydrogen-bond donors (Lipinski definition) is 3. The van der Waals surface area contributed by atoms with Gasteiger partial charge in [0.25, 0.3) is 0 Å². The first-order valence-electron chi connectivity index (χ1n) is 5.49. The van der Waals surface area contributed by atoms with Gasteiger partial charge in [-0.05, 0) is 0 Å². The zero-order valence-corrected chi connectivity index (χ0v) is 11.0. The molecule has 10 heteroatoms. The number of nitrogens with one attached hydrogen (secondary N) is 1. The number of ether oxygens (including phenoxy) is 1. The van der Waals surface area contributed by atoms with Crippen LogP contribution in [0.5, 0.6) is 0 Å². The normalized spacial score (nSPS) is 12.2. The number of H-pyrrole nitrogens is 1. The number of fused-ring (bicyclic) bond motifs is 1. The molecule has 0 bridgehead atoms. The monoisotopic (exact) mass is 297 g/mol. The molecule has 0 aromatic carbocycles. The highest BCUT2D eigenvalue weighted by atomic mass is 32.2. The molecule has 2 aromatic heterocycles. The van der Waals surface area contributed by atoms with E-state index in [-0.39, 0.29) is 12.4 Å². The summed E-state index contributed by atoms with van der Waals surface area (Å²) in [6.07, 6.45) is 2.47. The van der Waals surface area contributed by atoms with Gasteiger partial charge in [-0.3, -0.25) is 9.59 Å². The SMILES string of the molecule is N[C@@H](CC(=O)OCSc1ncnc2nc[nH]c12)C(=O)O. The number of imidazole rings is 1. The molecule has 0 spiro atoms. The van der Waals surface area contributed by atoms with E-state index in [1.165, 1.54) is 12.7 Å². The second-order valence-electron chi connectivity index (χ2n) is 3.71. The maximum Gasteiger partial charge on any atom is 0.321 e. The van der Waals surface area contributed by atoms with Crippen molar-refractivity contribution in [1.82, 2.24) is 19.9 Å². The lowest BCUT2D eigenvalue weighted by atomic mass is 10.2. The van der Waals surface area contributed by atoms with Crippen molar-refractivity contribution in [3.8, 4) is 0 Å². The van der Waals surface area contributed by atoms with Crippen molar-refractivity contribution in [3.05, 3.63) is 12.7 Å². The Morgan fingerprint density at radius 3 is 3.00 bits per heavy atom. The van der Waals surface area contributed by atoms with Crippen LogP contribution in [0.1, 0.15) is 6.42 Å². The topological polar surface area (TPSA) is 144 Å². The lowest BCUT2D eigenvalue weighted by Crippen LogP contribution is -2.33. The van der Waals surface area contributed by atoms with Crippen molar-refractivity contribution in [2.24, 2.45) is 5.73 Å². The van der Waals surface area contributed by atoms with Crippen LogP contribution in [-0.4, -0.2) is 49.0 Å². The molecule has 20 heavy (non-hydrogen) atoms. The standard InChI is InChI=1S/C10H11N5O4S/c11-5(10(17)18)1-6(16)19-4-20-9-7-8(13-2-12-7)14-3-15-9/h2-3,5H,1,4,11H2,(H,17,18)(H,12,13,14,15)/t5-/m0/s1. The molecule has 0 fully saturated rings. The average Bonchev–Trinajstić information content (AvgIpc) is 2.87. The van der Waals surface area contributed by atoms with Crippen LogP contribution >= 0.6 is 11.8 Å². The minimum Gasteiger partial charge on any atom is -0.480 e. The van der Waals surface area contributed by atoms with Gasteiger partial charge in [0.05, 0.1) is 12.7 Å². The molecule has 4 N–H and O–H groups in total. The molecular formula is C10H11N5O4S. The van der Waals surface area contributed by atoms with Gasteiger partial charge < -0.3 is 20.6 Å². The molecular weight excluding hydrogens is 286 g/mol. The number of nitrogens with zero attached hydrogens (tertiary/aromatic N) is 3. The molecule has 0 aliphatic rings. The number of carbonyl (C=O) groups excluding carboxylic acids is 1. The Hall–Kier alpha value is -2.20. The number of nitrogens with two attached hydrogens (primary N) is 1. The molecule has 1 atom stereocenters. The molecule has 0 unspecified atom stereocenters. The van der Waals surface area contributed by atoms with Gasteiger partial charge in [0.15, 0.2) is 5.65 Å². The summed E-state index contributed by atoms with van der Waals surface area (Å²) in [5.74, 6) is -1.93. The van der Waals surface area contributed by atoms with Crippen molar-refractivity contribution >= 4 is 34.9 Å². The average molecular weight is 297 g/mol. The van der Waals surface area contributed by atoms with E-state index in [0.29, 0.717) is 16.2 Å². The number of aromatic nitrogens is 4. The van der Waals surface area contributed by atoms with Crippen LogP contribution in [-0.2, 0) is 14.3 Å². The van der Waals surface area contributed by atoms with Crippen molar-refractivity contribution in [3.63, 3.8) is 0 Å². The number of aromatic amines is 1. The number of esters is 1. The van der Waals surface area contributed by atoms with Crippen molar-refractivity contribution in [2.75, 3.05) is 5.94 Å². The smallest absolute Gasteiger partial charge is 0.321 e. The minimum atomic E-state index is -1.26. The van der Waals surface area contributed by atoms with E-state index in [2.05, 4.69) is 19.9 Å². The summed E-state index contributed by atoms with van der Waals surface area (Å²) >= 11 is 1.16. The molecule has 2 rings (SSSR count). The summed E-state index contributed by atoms with van der Waals surface area (Å²) in [6.45, 7) is 0. The van der Waals surface area contributed by atoms with Gasteiger partial charge in [-0.1, -0.05) is 11.8 Å². The summed E-state index contributed by atoms with van der Waals surface area (Å²) in [5, 5.41) is 9.15. The first-order chi connectivity index (χ1) is 9.58. The zero-order chi connectivity index (χ0) is 14.5. The lowest BCUT2D eigenvalue weighted by molar-refractivity contribution is -0.147. The number of carboxylic acid groups (broad SMARTS) is 1. The third-order valence-electron chi connectivity index (χ3n) is 2.31. The Labute approximate surface area is 116 Å². The molecule has 0 aliphatic heterocycles. The first-order valence-corrected chi connectivity index (χ1v) is 6.47. The van der Waals surface area contributed by atoms with Crippen molar-refractivity contribution in [2.45, 2.75) is 17.5 Å². The Kier molecular flexibility index (Phi) is 4.48. The van der Waals surface area contributed by atoms with Crippen LogP contribution in [0.3, 0.4) is 0 Å². The fraction of sp³-hybridized carbons (Fsp3) is 0.300. The maximum atomic E-state index is 11.3. The first kappa shape index (κ1) is 14.2. The quantitative estimate of drug-likeness (QED) is 0.284. The van der Waals surface area contributed by atoms with Crippen molar-refractivity contribution in [1.29, 1.82) is 0 Å². The highest BCUT2D eigenvalue weighted by molar-refractivity contribution is 7.99. The fourth-order valence-electron chi connectivity index (χ4n) is 1.33. The number of hydrogen-bond acceptors (Lipinski definition) is 8. The van der Waals surface area contributed by atoms with Crippen LogP contribution in [0.25, 0.3) is 11.2 Å². The highest BCUT2D eigenvalue weighted by Crippen LogP contribution is 2.21. The maximum absolute atomic E-state index is 11.3. The molecule has 9 nitrogen and oxygen atoms in total. The number of thioether (sulfide) groups is 1. The summed E-state index contributed by atoms with van der Waals surface area (Å²) in [4.78, 5) is 36.6. The molecule has 2 aromatic rings. The largest absolute Gasteiger partial charge is 0.480 e. The number of carboxylic acids is 1. The van der Waals surface area contributed by atoms with E-state index < -0.39 is 18.0 Å². The molecule has 0 amide bonds. The van der Waals surface area contributed by atoms with Gasteiger partial charge in [-0.2, -0.15) is 0 Å². The van der Waals surface area contributed by atoms with E-state index in [1.807, 2.05) is 0 Å². The number of rotatable bonds is 6. The predicted molar refractivity (Wildman–Crippen MR) is 68.7 cm³/mol. The van der Waals surface area contributed by atoms with Gasteiger partial charge in [0, 0.05) is 0 Å². The minimum absolute atomic E-state index is 0.00366. The van der Waals surface area contributed by atoms with Crippen LogP contribution < -0.4 is 5.73 Å². The second kappa shape index (κ2) is 6.30. The Bertz CT molecular complexity index is 631. The zero-order valence-electron chi connectivity index (χ0n) is 10.1. The van der Waals surface area contributed by atoms with Gasteiger partial charge in [-0.25, -0.2) is 15.0 Å². The van der Waals surface area contributed by atoms with Gasteiger partial charge in [0.1, 0.15) is 28.9 Å². The molecule has 0 saturated carbocycles. The van der Waals surface area contributed by atoms with Gasteiger partial charge >= 0.3 is 11.9 Å². The molecule has 2 heterocycles. The summed E-state index contributed by atoms with van der Waals surface area (Å²) < 4.78 is 4.88. The summed E-state index contributed by atoms with van der Waals surface area (Å²) in [5.41, 5.74) is 6.38. The third kappa shape index (κ3) is 3.42. The van der Waals surface area contributed by atoms with Gasteiger partial charge in [-0.15, -0.1) is 0 Å². The van der Waals surface area contributed by atoms with E-state index in [0.717, 1.165) is 11.8 Å². The molecule has 0 aliphatic carbocycles. The third-order valence-corrected chi connectivity index (χ3v) is 3.13. The Morgan fingerprint density at radius 2 is 2.25 bits per heavy atom. The van der Waals surface area contributed by atoms with Crippen molar-refractivity contribution < 1.29 is 19.4 Å². The highest BCUT2D eigenvalue weighted by Gasteiger charge is 2.17. The van der Waals surface area contributed by atoms with E-state index in [9.17, 15) is 9.59 Å². The van der Waals surface area contributed by atoms with E-state index in [4.69, 9.17) is 15.6 Å². The van der Waals surface area contributed by atoms with E-state index >= 15 is 0 Å². The Balaban J connectivity index is 1.85. The second-order valence-corrected chi connectivity index (χ2v) is 4.62. The van der Waals surface area contributed by atoms with Crippen LogP contribution in [0.4, 0.5) is 0 Å². The lowest BCUT2D eigenvalue weighted by Gasteiger charge is -2.06.